The van der Waals surface area contributed by atoms with E-state index in [-0.39, 0.29) is 25.1 Å². The van der Waals surface area contributed by atoms with Gasteiger partial charge >= 0.3 is 0 Å². The van der Waals surface area contributed by atoms with Crippen molar-refractivity contribution >= 4 is 16.1 Å². The minimum atomic E-state index is -3.49. The third-order valence-electron chi connectivity index (χ3n) is 3.85. The van der Waals surface area contributed by atoms with Crippen LogP contribution < -0.4 is 4.74 Å². The van der Waals surface area contributed by atoms with Crippen molar-refractivity contribution in [3.8, 4) is 11.9 Å². The maximum absolute atomic E-state index is 12.3. The van der Waals surface area contributed by atoms with E-state index in [0.717, 1.165) is 11.1 Å². The number of hydrogen-bond acceptors (Lipinski definition) is 5. The minimum Gasteiger partial charge on any atom is -0.471 e. The number of hydrogen-bond donors (Lipinski definition) is 0. The standard InChI is InChI=1S/C18H17N3O3S/c1-14-4-6-15(7-5-14)8-10-25(22,23)21-12-17(13-21)24-18-16(11-19)3-2-9-20-18/h2-10,17H,12-13H2,1H3/b10-8+. The largest absolute Gasteiger partial charge is 0.471 e. The van der Waals surface area contributed by atoms with E-state index >= 15 is 0 Å². The van der Waals surface area contributed by atoms with Crippen molar-refractivity contribution in [3.05, 3.63) is 64.7 Å². The van der Waals surface area contributed by atoms with E-state index in [1.165, 1.54) is 15.9 Å². The highest BCUT2D eigenvalue weighted by Gasteiger charge is 2.36. The molecule has 0 amide bonds. The third kappa shape index (κ3) is 4.05. The summed E-state index contributed by atoms with van der Waals surface area (Å²) in [6.45, 7) is 2.45. The van der Waals surface area contributed by atoms with E-state index < -0.39 is 10.0 Å². The van der Waals surface area contributed by atoms with E-state index in [9.17, 15) is 8.42 Å². The summed E-state index contributed by atoms with van der Waals surface area (Å²) in [6.07, 6.45) is 2.81. The maximum Gasteiger partial charge on any atom is 0.236 e. The number of nitriles is 1. The Bertz CT molecular complexity index is 925. The summed E-state index contributed by atoms with van der Waals surface area (Å²) in [5.74, 6) is 0.238. The lowest BCUT2D eigenvalue weighted by atomic mass is 10.2. The molecule has 1 aliphatic rings. The van der Waals surface area contributed by atoms with E-state index in [2.05, 4.69) is 4.98 Å². The van der Waals surface area contributed by atoms with Gasteiger partial charge in [-0.05, 0) is 30.7 Å². The lowest BCUT2D eigenvalue weighted by molar-refractivity contribution is 0.0727. The topological polar surface area (TPSA) is 83.3 Å². The van der Waals surface area contributed by atoms with Crippen LogP contribution in [-0.4, -0.2) is 36.9 Å². The van der Waals surface area contributed by atoms with Gasteiger partial charge in [-0.2, -0.15) is 9.57 Å². The highest BCUT2D eigenvalue weighted by atomic mass is 32.2. The van der Waals surface area contributed by atoms with Gasteiger partial charge in [0.2, 0.25) is 15.9 Å². The fourth-order valence-corrected chi connectivity index (χ4v) is 3.59. The van der Waals surface area contributed by atoms with Crippen molar-refractivity contribution in [3.63, 3.8) is 0 Å². The summed E-state index contributed by atoms with van der Waals surface area (Å²) < 4.78 is 31.5. The third-order valence-corrected chi connectivity index (χ3v) is 5.35. The molecule has 0 N–H and O–H groups in total. The molecule has 1 aliphatic heterocycles. The Labute approximate surface area is 147 Å². The van der Waals surface area contributed by atoms with Gasteiger partial charge in [-0.1, -0.05) is 29.8 Å². The number of aryl methyl sites for hydroxylation is 1. The highest BCUT2D eigenvalue weighted by molar-refractivity contribution is 7.92. The summed E-state index contributed by atoms with van der Waals surface area (Å²) in [7, 11) is -3.49. The van der Waals surface area contributed by atoms with Gasteiger partial charge in [-0.15, -0.1) is 0 Å². The molecule has 7 heteroatoms. The molecule has 0 saturated carbocycles. The van der Waals surface area contributed by atoms with Crippen LogP contribution in [0, 0.1) is 18.3 Å². The Hall–Kier alpha value is -2.69. The number of benzene rings is 1. The van der Waals surface area contributed by atoms with Crippen LogP contribution in [0.3, 0.4) is 0 Å². The summed E-state index contributed by atoms with van der Waals surface area (Å²) in [5.41, 5.74) is 2.28. The first-order valence-corrected chi connectivity index (χ1v) is 9.25. The molecule has 1 fully saturated rings. The zero-order valence-electron chi connectivity index (χ0n) is 13.7. The van der Waals surface area contributed by atoms with Crippen molar-refractivity contribution in [2.75, 3.05) is 13.1 Å². The molecular weight excluding hydrogens is 338 g/mol. The molecule has 1 aromatic heterocycles. The van der Waals surface area contributed by atoms with Crippen LogP contribution in [0.1, 0.15) is 16.7 Å². The smallest absolute Gasteiger partial charge is 0.236 e. The average Bonchev–Trinajstić information content (AvgIpc) is 2.57. The number of ether oxygens (including phenoxy) is 1. The Balaban J connectivity index is 1.59. The van der Waals surface area contributed by atoms with E-state index in [1.807, 2.05) is 37.3 Å². The lowest BCUT2D eigenvalue weighted by Crippen LogP contribution is -2.55. The van der Waals surface area contributed by atoms with Crippen LogP contribution in [0.25, 0.3) is 6.08 Å². The lowest BCUT2D eigenvalue weighted by Gasteiger charge is -2.36. The van der Waals surface area contributed by atoms with Crippen LogP contribution in [0.5, 0.6) is 5.88 Å². The molecule has 1 aromatic carbocycles. The van der Waals surface area contributed by atoms with E-state index in [1.54, 1.807) is 18.2 Å². The Kier molecular flexibility index (Phi) is 4.83. The molecule has 128 valence electrons. The summed E-state index contributed by atoms with van der Waals surface area (Å²) in [4.78, 5) is 4.01. The fraction of sp³-hybridized carbons (Fsp3) is 0.222. The van der Waals surface area contributed by atoms with E-state index in [4.69, 9.17) is 10.00 Å². The quantitative estimate of drug-likeness (QED) is 0.822. The first-order valence-electron chi connectivity index (χ1n) is 7.74. The van der Waals surface area contributed by atoms with E-state index in [0.29, 0.717) is 5.56 Å². The Morgan fingerprint density at radius 3 is 2.68 bits per heavy atom. The number of aromatic nitrogens is 1. The van der Waals surface area contributed by atoms with Gasteiger partial charge < -0.3 is 4.74 Å². The second-order valence-electron chi connectivity index (χ2n) is 5.78. The van der Waals surface area contributed by atoms with Crippen molar-refractivity contribution < 1.29 is 13.2 Å². The van der Waals surface area contributed by atoms with Gasteiger partial charge in [0.15, 0.2) is 0 Å². The SMILES string of the molecule is Cc1ccc(/C=C/S(=O)(=O)N2CC(Oc3ncccc3C#N)C2)cc1. The molecular formula is C18H17N3O3S. The first-order chi connectivity index (χ1) is 12.0. The Morgan fingerprint density at radius 1 is 1.28 bits per heavy atom. The van der Waals surface area contributed by atoms with Crippen LogP contribution >= 0.6 is 0 Å². The molecule has 0 radical (unpaired) electrons. The number of rotatable bonds is 5. The maximum atomic E-state index is 12.3. The van der Waals surface area contributed by atoms with Gasteiger partial charge in [0.05, 0.1) is 13.1 Å². The predicted molar refractivity (Wildman–Crippen MR) is 94.1 cm³/mol. The average molecular weight is 355 g/mol. The zero-order valence-corrected chi connectivity index (χ0v) is 14.5. The van der Waals surface area contributed by atoms with Crippen LogP contribution in [0.15, 0.2) is 48.0 Å². The second-order valence-corrected chi connectivity index (χ2v) is 7.60. The number of pyridine rings is 1. The molecule has 2 aromatic rings. The fourth-order valence-electron chi connectivity index (χ4n) is 2.34. The van der Waals surface area contributed by atoms with Crippen molar-refractivity contribution in [1.82, 2.24) is 9.29 Å². The summed E-state index contributed by atoms with van der Waals surface area (Å²) in [6, 6.07) is 12.9. The van der Waals surface area contributed by atoms with Crippen molar-refractivity contribution in [2.24, 2.45) is 0 Å². The normalized spacial score (nSPS) is 15.7. The summed E-state index contributed by atoms with van der Waals surface area (Å²) in [5, 5.41) is 10.2. The van der Waals surface area contributed by atoms with Crippen LogP contribution in [0.4, 0.5) is 0 Å². The molecule has 0 unspecified atom stereocenters. The summed E-state index contributed by atoms with van der Waals surface area (Å²) >= 11 is 0. The van der Waals surface area contributed by atoms with Crippen molar-refractivity contribution in [2.45, 2.75) is 13.0 Å². The van der Waals surface area contributed by atoms with Gasteiger partial charge in [-0.25, -0.2) is 13.4 Å². The van der Waals surface area contributed by atoms with Crippen LogP contribution in [-0.2, 0) is 10.0 Å². The molecule has 0 atom stereocenters. The molecule has 2 heterocycles. The molecule has 6 nitrogen and oxygen atoms in total. The van der Waals surface area contributed by atoms with Crippen molar-refractivity contribution in [1.29, 1.82) is 5.26 Å². The monoisotopic (exact) mass is 355 g/mol. The van der Waals surface area contributed by atoms with Gasteiger partial charge in [-0.3, -0.25) is 0 Å². The first kappa shape index (κ1) is 17.1. The molecule has 0 bridgehead atoms. The second kappa shape index (κ2) is 7.05. The molecule has 25 heavy (non-hydrogen) atoms. The minimum absolute atomic E-state index is 0.238. The zero-order chi connectivity index (χ0) is 17.9. The highest BCUT2D eigenvalue weighted by Crippen LogP contribution is 2.22. The molecule has 1 saturated heterocycles. The van der Waals surface area contributed by atoms with Gasteiger partial charge in [0.1, 0.15) is 17.7 Å². The number of sulfonamides is 1. The van der Waals surface area contributed by atoms with Gasteiger partial charge in [0.25, 0.3) is 0 Å². The molecule has 3 rings (SSSR count). The van der Waals surface area contributed by atoms with Gasteiger partial charge in [0, 0.05) is 11.6 Å². The predicted octanol–water partition coefficient (Wildman–Crippen LogP) is 2.33. The molecule has 0 aliphatic carbocycles. The number of nitrogens with zero attached hydrogens (tertiary/aromatic N) is 3. The molecule has 0 spiro atoms. The Morgan fingerprint density at radius 2 is 2.00 bits per heavy atom. The van der Waals surface area contributed by atoms with Crippen LogP contribution in [0.2, 0.25) is 0 Å².